The van der Waals surface area contributed by atoms with Gasteiger partial charge in [0.1, 0.15) is 0 Å². The SMILES string of the molecule is Cl.Cl.NCCCCCC/C=C/C(=O)O. The molecule has 0 unspecified atom stereocenters. The van der Waals surface area contributed by atoms with E-state index < -0.39 is 5.97 Å². The van der Waals surface area contributed by atoms with Gasteiger partial charge in [0, 0.05) is 6.08 Å². The van der Waals surface area contributed by atoms with Crippen LogP contribution in [-0.4, -0.2) is 17.6 Å². The Hall–Kier alpha value is -0.250. The highest BCUT2D eigenvalue weighted by atomic mass is 35.5. The summed E-state index contributed by atoms with van der Waals surface area (Å²) in [4.78, 5) is 10.0. The molecule has 0 amide bonds. The lowest BCUT2D eigenvalue weighted by molar-refractivity contribution is -0.131. The van der Waals surface area contributed by atoms with Gasteiger partial charge in [-0.3, -0.25) is 0 Å². The van der Waals surface area contributed by atoms with Gasteiger partial charge in [-0.1, -0.05) is 18.9 Å². The number of halogens is 2. The van der Waals surface area contributed by atoms with Gasteiger partial charge in [-0.15, -0.1) is 24.8 Å². The fourth-order valence-corrected chi connectivity index (χ4v) is 0.944. The van der Waals surface area contributed by atoms with E-state index in [9.17, 15) is 4.79 Å². The molecule has 0 aromatic heterocycles. The van der Waals surface area contributed by atoms with Crippen molar-refractivity contribution >= 4 is 30.8 Å². The van der Waals surface area contributed by atoms with E-state index in [0.29, 0.717) is 0 Å². The van der Waals surface area contributed by atoms with E-state index in [-0.39, 0.29) is 24.8 Å². The summed E-state index contributed by atoms with van der Waals surface area (Å²) in [5.74, 6) is -0.864. The van der Waals surface area contributed by atoms with Gasteiger partial charge in [0.15, 0.2) is 0 Å². The molecule has 3 nitrogen and oxygen atoms in total. The third-order valence-electron chi connectivity index (χ3n) is 1.59. The molecule has 14 heavy (non-hydrogen) atoms. The van der Waals surface area contributed by atoms with Crippen LogP contribution >= 0.6 is 24.8 Å². The van der Waals surface area contributed by atoms with Crippen molar-refractivity contribution in [1.82, 2.24) is 0 Å². The molecule has 5 heteroatoms. The van der Waals surface area contributed by atoms with Crippen LogP contribution in [-0.2, 0) is 4.79 Å². The Balaban J connectivity index is -0.000000605. The predicted molar refractivity (Wildman–Crippen MR) is 63.4 cm³/mol. The maximum absolute atomic E-state index is 10.0. The van der Waals surface area contributed by atoms with Gasteiger partial charge in [0.2, 0.25) is 0 Å². The van der Waals surface area contributed by atoms with Gasteiger partial charge < -0.3 is 10.8 Å². The van der Waals surface area contributed by atoms with Crippen LogP contribution in [0.1, 0.15) is 32.1 Å². The number of unbranched alkanes of at least 4 members (excludes halogenated alkanes) is 4. The molecule has 0 aromatic carbocycles. The Bertz CT molecular complexity index is 152. The minimum absolute atomic E-state index is 0. The van der Waals surface area contributed by atoms with Gasteiger partial charge in [0.25, 0.3) is 0 Å². The second-order valence-electron chi connectivity index (χ2n) is 2.73. The molecule has 0 rings (SSSR count). The van der Waals surface area contributed by atoms with E-state index in [1.54, 1.807) is 6.08 Å². The predicted octanol–water partition coefficient (Wildman–Crippen LogP) is 2.38. The minimum atomic E-state index is -0.864. The van der Waals surface area contributed by atoms with Crippen molar-refractivity contribution in [3.8, 4) is 0 Å². The van der Waals surface area contributed by atoms with Crippen LogP contribution in [0.3, 0.4) is 0 Å². The number of nitrogens with two attached hydrogens (primary N) is 1. The van der Waals surface area contributed by atoms with E-state index in [0.717, 1.165) is 38.6 Å². The summed E-state index contributed by atoms with van der Waals surface area (Å²) in [7, 11) is 0. The first kappa shape index (κ1) is 19.3. The van der Waals surface area contributed by atoms with Crippen molar-refractivity contribution < 1.29 is 9.90 Å². The molecule has 0 saturated carbocycles. The van der Waals surface area contributed by atoms with E-state index in [1.165, 1.54) is 6.08 Å². The molecule has 0 aromatic rings. The first-order chi connectivity index (χ1) is 5.77. The van der Waals surface area contributed by atoms with E-state index in [2.05, 4.69) is 0 Å². The Kier molecular flexibility index (Phi) is 21.0. The quantitative estimate of drug-likeness (QED) is 0.533. The normalized spacial score (nSPS) is 9.21. The second kappa shape index (κ2) is 15.2. The molecule has 0 saturated heterocycles. The smallest absolute Gasteiger partial charge is 0.327 e. The van der Waals surface area contributed by atoms with Crippen molar-refractivity contribution in [2.24, 2.45) is 5.73 Å². The summed E-state index contributed by atoms with van der Waals surface area (Å²) in [5, 5.41) is 8.25. The van der Waals surface area contributed by atoms with Gasteiger partial charge >= 0.3 is 5.97 Å². The maximum atomic E-state index is 10.0. The molecule has 0 aliphatic rings. The zero-order valence-electron chi connectivity index (χ0n) is 8.15. The standard InChI is InChI=1S/C9H17NO2.2ClH/c10-8-6-4-2-1-3-5-7-9(11)12;;/h5,7H,1-4,6,8,10H2,(H,11,12);2*1H/b7-5+;;. The molecule has 86 valence electrons. The number of hydrogen-bond donors (Lipinski definition) is 2. The highest BCUT2D eigenvalue weighted by molar-refractivity contribution is 5.85. The third-order valence-corrected chi connectivity index (χ3v) is 1.59. The lowest BCUT2D eigenvalue weighted by Crippen LogP contribution is -1.97. The second-order valence-corrected chi connectivity index (χ2v) is 2.73. The zero-order chi connectivity index (χ0) is 9.23. The van der Waals surface area contributed by atoms with Gasteiger partial charge in [-0.2, -0.15) is 0 Å². The van der Waals surface area contributed by atoms with Crippen LogP contribution in [0.15, 0.2) is 12.2 Å². The van der Waals surface area contributed by atoms with Gasteiger partial charge in [-0.25, -0.2) is 4.79 Å². The van der Waals surface area contributed by atoms with E-state index >= 15 is 0 Å². The van der Waals surface area contributed by atoms with Crippen molar-refractivity contribution in [2.45, 2.75) is 32.1 Å². The Morgan fingerprint density at radius 3 is 2.21 bits per heavy atom. The summed E-state index contributed by atoms with van der Waals surface area (Å²) >= 11 is 0. The lowest BCUT2D eigenvalue weighted by atomic mass is 10.1. The number of carbonyl (C=O) groups is 1. The fraction of sp³-hybridized carbons (Fsp3) is 0.667. The molecule has 0 atom stereocenters. The van der Waals surface area contributed by atoms with Crippen LogP contribution in [0, 0.1) is 0 Å². The summed E-state index contributed by atoms with van der Waals surface area (Å²) in [6.07, 6.45) is 8.18. The first-order valence-electron chi connectivity index (χ1n) is 4.37. The van der Waals surface area contributed by atoms with Crippen LogP contribution < -0.4 is 5.73 Å². The van der Waals surface area contributed by atoms with Crippen molar-refractivity contribution in [2.75, 3.05) is 6.54 Å². The molecular formula is C9H19Cl2NO2. The largest absolute Gasteiger partial charge is 0.478 e. The van der Waals surface area contributed by atoms with Crippen molar-refractivity contribution in [1.29, 1.82) is 0 Å². The molecule has 0 spiro atoms. The number of hydrogen-bond acceptors (Lipinski definition) is 2. The van der Waals surface area contributed by atoms with Crippen LogP contribution in [0.5, 0.6) is 0 Å². The van der Waals surface area contributed by atoms with Crippen LogP contribution in [0.4, 0.5) is 0 Å². The molecule has 0 fully saturated rings. The average Bonchev–Trinajstić information content (AvgIpc) is 2.02. The third kappa shape index (κ3) is 17.7. The molecule has 0 radical (unpaired) electrons. The van der Waals surface area contributed by atoms with Crippen molar-refractivity contribution in [3.05, 3.63) is 12.2 Å². The van der Waals surface area contributed by atoms with Gasteiger partial charge in [0.05, 0.1) is 0 Å². The highest BCUT2D eigenvalue weighted by Crippen LogP contribution is 2.02. The van der Waals surface area contributed by atoms with E-state index in [4.69, 9.17) is 10.8 Å². The Labute approximate surface area is 97.6 Å². The molecule has 0 bridgehead atoms. The fourth-order valence-electron chi connectivity index (χ4n) is 0.944. The van der Waals surface area contributed by atoms with Crippen LogP contribution in [0.2, 0.25) is 0 Å². The number of carboxylic acid groups (broad SMARTS) is 1. The van der Waals surface area contributed by atoms with Gasteiger partial charge in [-0.05, 0) is 25.8 Å². The Morgan fingerprint density at radius 1 is 1.14 bits per heavy atom. The molecule has 0 aliphatic carbocycles. The number of allylic oxidation sites excluding steroid dienone is 1. The highest BCUT2D eigenvalue weighted by Gasteiger charge is 1.87. The topological polar surface area (TPSA) is 63.3 Å². The minimum Gasteiger partial charge on any atom is -0.478 e. The summed E-state index contributed by atoms with van der Waals surface area (Å²) < 4.78 is 0. The molecular weight excluding hydrogens is 225 g/mol. The molecule has 3 N–H and O–H groups in total. The monoisotopic (exact) mass is 243 g/mol. The molecule has 0 heterocycles. The summed E-state index contributed by atoms with van der Waals surface area (Å²) in [6.45, 7) is 0.755. The number of rotatable bonds is 7. The average molecular weight is 244 g/mol. The Morgan fingerprint density at radius 2 is 1.71 bits per heavy atom. The van der Waals surface area contributed by atoms with Crippen molar-refractivity contribution in [3.63, 3.8) is 0 Å². The van der Waals surface area contributed by atoms with E-state index in [1.807, 2.05) is 0 Å². The lowest BCUT2D eigenvalue weighted by Gasteiger charge is -1.95. The zero-order valence-corrected chi connectivity index (χ0v) is 9.78. The summed E-state index contributed by atoms with van der Waals surface area (Å²) in [6, 6.07) is 0. The number of aliphatic carboxylic acids is 1. The first-order valence-corrected chi connectivity index (χ1v) is 4.37. The maximum Gasteiger partial charge on any atom is 0.327 e. The van der Waals surface area contributed by atoms with Crippen LogP contribution in [0.25, 0.3) is 0 Å². The number of carboxylic acids is 1. The molecule has 0 aliphatic heterocycles. The summed E-state index contributed by atoms with van der Waals surface area (Å²) in [5.41, 5.74) is 5.32.